The number of benzene rings is 4. The Bertz CT molecular complexity index is 1480. The largest absolute Gasteiger partial charge is 0.358 e. The van der Waals surface area contributed by atoms with Crippen LogP contribution in [0.3, 0.4) is 0 Å². The molecule has 0 spiro atoms. The Morgan fingerprint density at radius 1 is 0.474 bits per heavy atom. The van der Waals surface area contributed by atoms with E-state index in [2.05, 4.69) is 10.3 Å². The third kappa shape index (κ3) is 7.15. The lowest BCUT2D eigenvalue weighted by atomic mass is 10.0. The molecule has 194 valence electrons. The molecule has 4 aromatic carbocycles. The standard InChI is InChI=1S/C28H24N2O6S2/c31-37(32,25-17-9-3-10-18-25)35-29-27(23-13-5-1-6-14-23)21-22-28(24-15-7-2-8-16-24)30-36-38(33,34)26-19-11-4-12-20-26/h1-20H,21-22H2. The van der Waals surface area contributed by atoms with Crippen LogP contribution in [0.25, 0.3) is 0 Å². The van der Waals surface area contributed by atoms with Crippen molar-refractivity contribution in [1.29, 1.82) is 0 Å². The minimum absolute atomic E-state index is 0.0257. The maximum Gasteiger partial charge on any atom is 0.358 e. The molecule has 0 saturated carbocycles. The molecule has 0 fully saturated rings. The topological polar surface area (TPSA) is 111 Å². The maximum atomic E-state index is 12.6. The lowest BCUT2D eigenvalue weighted by Gasteiger charge is -2.10. The molecule has 38 heavy (non-hydrogen) atoms. The first-order chi connectivity index (χ1) is 18.4. The quantitative estimate of drug-likeness (QED) is 0.184. The van der Waals surface area contributed by atoms with E-state index in [4.69, 9.17) is 8.57 Å². The molecule has 0 aliphatic heterocycles. The fraction of sp³-hybridized carbons (Fsp3) is 0.0714. The summed E-state index contributed by atoms with van der Waals surface area (Å²) in [6, 6.07) is 33.3. The van der Waals surface area contributed by atoms with Gasteiger partial charge in [0.05, 0.1) is 11.4 Å². The summed E-state index contributed by atoms with van der Waals surface area (Å²) in [4.78, 5) is -0.0514. The van der Waals surface area contributed by atoms with Gasteiger partial charge in [0, 0.05) is 0 Å². The molecule has 4 aromatic rings. The zero-order valence-corrected chi connectivity index (χ0v) is 21.8. The van der Waals surface area contributed by atoms with Gasteiger partial charge in [-0.3, -0.25) is 8.57 Å². The fourth-order valence-electron chi connectivity index (χ4n) is 3.43. The van der Waals surface area contributed by atoms with E-state index in [0.717, 1.165) is 0 Å². The SMILES string of the molecule is O=S(=O)(ON=C(CCC(=NOS(=O)(=O)c1ccccc1)c1ccccc1)c1ccccc1)c1ccccc1. The molecule has 0 bridgehead atoms. The number of oxime groups is 2. The van der Waals surface area contributed by atoms with Gasteiger partial charge >= 0.3 is 20.2 Å². The predicted octanol–water partition coefficient (Wildman–Crippen LogP) is 5.39. The summed E-state index contributed by atoms with van der Waals surface area (Å²) in [7, 11) is -8.27. The smallest absolute Gasteiger partial charge is 0.264 e. The summed E-state index contributed by atoms with van der Waals surface area (Å²) in [5, 5.41) is 7.96. The van der Waals surface area contributed by atoms with E-state index in [0.29, 0.717) is 22.6 Å². The molecule has 0 radical (unpaired) electrons. The summed E-state index contributed by atoms with van der Waals surface area (Å²) in [6.07, 6.45) is 0.355. The summed E-state index contributed by atoms with van der Waals surface area (Å²) >= 11 is 0. The number of rotatable bonds is 11. The Hall–Kier alpha value is -4.28. The lowest BCUT2D eigenvalue weighted by molar-refractivity contribution is 0.335. The van der Waals surface area contributed by atoms with Crippen molar-refractivity contribution in [3.8, 4) is 0 Å². The normalized spacial score (nSPS) is 12.6. The van der Waals surface area contributed by atoms with E-state index >= 15 is 0 Å². The zero-order chi connectivity index (χ0) is 26.8. The molecule has 10 heteroatoms. The van der Waals surface area contributed by atoms with Crippen LogP contribution in [0.5, 0.6) is 0 Å². The van der Waals surface area contributed by atoms with Crippen molar-refractivity contribution in [2.75, 3.05) is 0 Å². The minimum atomic E-state index is -4.14. The highest BCUT2D eigenvalue weighted by atomic mass is 32.2. The van der Waals surface area contributed by atoms with Crippen LogP contribution in [0.1, 0.15) is 24.0 Å². The van der Waals surface area contributed by atoms with Gasteiger partial charge in [-0.2, -0.15) is 16.8 Å². The molecule has 0 heterocycles. The van der Waals surface area contributed by atoms with E-state index < -0.39 is 20.2 Å². The van der Waals surface area contributed by atoms with Crippen molar-refractivity contribution < 1.29 is 25.4 Å². The summed E-state index contributed by atoms with van der Waals surface area (Å²) < 4.78 is 60.6. The number of nitrogens with zero attached hydrogens (tertiary/aromatic N) is 2. The Labute approximate surface area is 222 Å². The van der Waals surface area contributed by atoms with Crippen LogP contribution in [0.4, 0.5) is 0 Å². The highest BCUT2D eigenvalue weighted by molar-refractivity contribution is 7.87. The second-order valence-corrected chi connectivity index (χ2v) is 11.0. The lowest BCUT2D eigenvalue weighted by Crippen LogP contribution is -2.11. The molecule has 0 aliphatic carbocycles. The molecule has 0 unspecified atom stereocenters. The Morgan fingerprint density at radius 3 is 1.08 bits per heavy atom. The predicted molar refractivity (Wildman–Crippen MR) is 145 cm³/mol. The van der Waals surface area contributed by atoms with Crippen LogP contribution >= 0.6 is 0 Å². The third-order valence-electron chi connectivity index (χ3n) is 5.37. The van der Waals surface area contributed by atoms with Crippen LogP contribution in [0, 0.1) is 0 Å². The highest BCUT2D eigenvalue weighted by Gasteiger charge is 2.19. The maximum absolute atomic E-state index is 12.6. The molecule has 0 saturated heterocycles. The van der Waals surface area contributed by atoms with Gasteiger partial charge in [0.2, 0.25) is 0 Å². The van der Waals surface area contributed by atoms with Crippen LogP contribution in [0.15, 0.2) is 141 Å². The molecule has 0 N–H and O–H groups in total. The van der Waals surface area contributed by atoms with Crippen molar-refractivity contribution in [1.82, 2.24) is 0 Å². The summed E-state index contributed by atoms with van der Waals surface area (Å²) in [5.41, 5.74) is 1.95. The second-order valence-electron chi connectivity index (χ2n) is 7.99. The average molecular weight is 549 g/mol. The molecule has 0 aliphatic rings. The first kappa shape index (κ1) is 26.8. The third-order valence-corrected chi connectivity index (χ3v) is 7.61. The molecule has 8 nitrogen and oxygen atoms in total. The van der Waals surface area contributed by atoms with Crippen LogP contribution in [0.2, 0.25) is 0 Å². The van der Waals surface area contributed by atoms with E-state index in [1.54, 1.807) is 84.9 Å². The van der Waals surface area contributed by atoms with Gasteiger partial charge in [-0.25, -0.2) is 0 Å². The number of hydrogen-bond acceptors (Lipinski definition) is 8. The average Bonchev–Trinajstić information content (AvgIpc) is 2.96. The summed E-state index contributed by atoms with van der Waals surface area (Å²) in [5.74, 6) is 0. The molecule has 0 amide bonds. The van der Waals surface area contributed by atoms with Gasteiger partial charge in [0.25, 0.3) is 0 Å². The molecular weight excluding hydrogens is 524 g/mol. The molecular formula is C28H24N2O6S2. The van der Waals surface area contributed by atoms with Gasteiger partial charge in [0.1, 0.15) is 9.79 Å². The Balaban J connectivity index is 1.62. The van der Waals surface area contributed by atoms with E-state index in [1.165, 1.54) is 24.3 Å². The van der Waals surface area contributed by atoms with Crippen LogP contribution in [-0.4, -0.2) is 28.3 Å². The Kier molecular flexibility index (Phi) is 8.67. The van der Waals surface area contributed by atoms with Crippen molar-refractivity contribution in [2.24, 2.45) is 10.3 Å². The Morgan fingerprint density at radius 2 is 0.763 bits per heavy atom. The van der Waals surface area contributed by atoms with E-state index in [9.17, 15) is 16.8 Å². The minimum Gasteiger partial charge on any atom is -0.264 e. The molecule has 0 atom stereocenters. The molecule has 0 aromatic heterocycles. The monoisotopic (exact) mass is 548 g/mol. The first-order valence-electron chi connectivity index (χ1n) is 11.6. The van der Waals surface area contributed by atoms with Crippen LogP contribution < -0.4 is 0 Å². The van der Waals surface area contributed by atoms with Crippen molar-refractivity contribution in [3.63, 3.8) is 0 Å². The van der Waals surface area contributed by atoms with Gasteiger partial charge in [-0.05, 0) is 48.2 Å². The van der Waals surface area contributed by atoms with Crippen molar-refractivity contribution in [3.05, 3.63) is 132 Å². The van der Waals surface area contributed by atoms with Gasteiger partial charge in [-0.1, -0.05) is 107 Å². The van der Waals surface area contributed by atoms with Gasteiger partial charge in [-0.15, -0.1) is 0 Å². The van der Waals surface area contributed by atoms with Crippen molar-refractivity contribution in [2.45, 2.75) is 22.6 Å². The van der Waals surface area contributed by atoms with Gasteiger partial charge < -0.3 is 0 Å². The fourth-order valence-corrected chi connectivity index (χ4v) is 4.96. The van der Waals surface area contributed by atoms with Gasteiger partial charge in [0.15, 0.2) is 0 Å². The first-order valence-corrected chi connectivity index (χ1v) is 14.4. The van der Waals surface area contributed by atoms with Crippen molar-refractivity contribution >= 4 is 31.7 Å². The van der Waals surface area contributed by atoms with E-state index in [-0.39, 0.29) is 22.6 Å². The highest BCUT2D eigenvalue weighted by Crippen LogP contribution is 2.18. The molecule has 4 rings (SSSR count). The zero-order valence-electron chi connectivity index (χ0n) is 20.1. The van der Waals surface area contributed by atoms with Crippen LogP contribution in [-0.2, 0) is 28.8 Å². The second kappa shape index (κ2) is 12.3. The summed E-state index contributed by atoms with van der Waals surface area (Å²) in [6.45, 7) is 0. The van der Waals surface area contributed by atoms with E-state index in [1.807, 2.05) is 12.1 Å². The number of hydrogen-bond donors (Lipinski definition) is 0.